The quantitative estimate of drug-likeness (QED) is 0.688. The molecule has 0 atom stereocenters. The minimum Gasteiger partial charge on any atom is -0.454 e. The zero-order chi connectivity index (χ0) is 19.3. The second-order valence-electron chi connectivity index (χ2n) is 7.26. The first-order chi connectivity index (χ1) is 13.6. The second kappa shape index (κ2) is 6.41. The van der Waals surface area contributed by atoms with Gasteiger partial charge in [-0.1, -0.05) is 18.2 Å². The van der Waals surface area contributed by atoms with Crippen molar-refractivity contribution in [2.45, 2.75) is 26.8 Å². The number of aryl methyl sites for hydroxylation is 2. The number of nitrogens with zero attached hydrogens (tertiary/aromatic N) is 2. The summed E-state index contributed by atoms with van der Waals surface area (Å²) in [6, 6.07) is 12.1. The van der Waals surface area contributed by atoms with Crippen LogP contribution in [-0.2, 0) is 13.0 Å². The maximum Gasteiger partial charge on any atom is 0.416 e. The Morgan fingerprint density at radius 3 is 2.82 bits per heavy atom. The lowest BCUT2D eigenvalue weighted by atomic mass is 10.0. The largest absolute Gasteiger partial charge is 0.454 e. The molecule has 0 N–H and O–H groups in total. The summed E-state index contributed by atoms with van der Waals surface area (Å²) in [6.45, 7) is 5.41. The molecule has 0 spiro atoms. The van der Waals surface area contributed by atoms with Gasteiger partial charge in [0.2, 0.25) is 12.7 Å². The zero-order valence-corrected chi connectivity index (χ0v) is 15.8. The number of rotatable bonds is 3. The van der Waals surface area contributed by atoms with Crippen LogP contribution in [0.15, 0.2) is 36.4 Å². The molecule has 0 unspecified atom stereocenters. The van der Waals surface area contributed by atoms with Crippen molar-refractivity contribution < 1.29 is 19.0 Å². The van der Waals surface area contributed by atoms with Crippen LogP contribution in [0.3, 0.4) is 0 Å². The van der Waals surface area contributed by atoms with Gasteiger partial charge < -0.3 is 19.1 Å². The molecule has 0 aliphatic carbocycles. The Morgan fingerprint density at radius 2 is 1.93 bits per heavy atom. The molecule has 2 aliphatic rings. The molecule has 0 fully saturated rings. The molecule has 0 saturated carbocycles. The predicted octanol–water partition coefficient (Wildman–Crippen LogP) is 4.14. The number of ether oxygens (including phenoxy) is 3. The summed E-state index contributed by atoms with van der Waals surface area (Å²) in [5.74, 6) is 1.94. The highest BCUT2D eigenvalue weighted by atomic mass is 16.7. The van der Waals surface area contributed by atoms with Crippen molar-refractivity contribution in [1.29, 1.82) is 0 Å². The van der Waals surface area contributed by atoms with E-state index in [-0.39, 0.29) is 12.9 Å². The van der Waals surface area contributed by atoms with Gasteiger partial charge >= 0.3 is 6.09 Å². The van der Waals surface area contributed by atoms with Gasteiger partial charge in [0.05, 0.1) is 12.1 Å². The molecule has 142 valence electrons. The third-order valence-corrected chi connectivity index (χ3v) is 5.46. The molecular formula is C22H20N2O4. The monoisotopic (exact) mass is 376 g/mol. The number of carbonyl (C=O) groups excluding carboxylic acids is 1. The Balaban J connectivity index is 1.37. The van der Waals surface area contributed by atoms with Crippen molar-refractivity contribution in [2.75, 3.05) is 13.3 Å². The molecule has 1 aromatic heterocycles. The molecule has 6 heteroatoms. The Morgan fingerprint density at radius 1 is 1.07 bits per heavy atom. The maximum absolute atomic E-state index is 12.5. The van der Waals surface area contributed by atoms with Crippen LogP contribution in [0.5, 0.6) is 17.4 Å². The van der Waals surface area contributed by atoms with Gasteiger partial charge in [0.25, 0.3) is 0 Å². The number of carbonyl (C=O) groups is 1. The van der Waals surface area contributed by atoms with E-state index in [4.69, 9.17) is 14.2 Å². The molecule has 3 heterocycles. The summed E-state index contributed by atoms with van der Waals surface area (Å²) in [6.07, 6.45) is 0.353. The summed E-state index contributed by atoms with van der Waals surface area (Å²) in [5.41, 5.74) is 5.20. The molecule has 28 heavy (non-hydrogen) atoms. The van der Waals surface area contributed by atoms with Crippen LogP contribution >= 0.6 is 0 Å². The molecule has 1 amide bonds. The van der Waals surface area contributed by atoms with Gasteiger partial charge in [-0.3, -0.25) is 0 Å². The van der Waals surface area contributed by atoms with Crippen LogP contribution in [-0.4, -0.2) is 29.3 Å². The maximum atomic E-state index is 12.5. The highest BCUT2D eigenvalue weighted by Gasteiger charge is 2.26. The Bertz CT molecular complexity index is 1110. The average Bonchev–Trinajstić information content (AvgIpc) is 3.16. The highest BCUT2D eigenvalue weighted by Crippen LogP contribution is 2.33. The summed E-state index contributed by atoms with van der Waals surface area (Å²) >= 11 is 0. The van der Waals surface area contributed by atoms with Gasteiger partial charge in [-0.2, -0.15) is 0 Å². The van der Waals surface area contributed by atoms with E-state index in [9.17, 15) is 4.79 Å². The second-order valence-corrected chi connectivity index (χ2v) is 7.26. The fourth-order valence-electron chi connectivity index (χ4n) is 3.66. The number of pyridine rings is 1. The SMILES string of the molecule is Cc1ccc2cc3c(nc2c1C)OC(=O)N(CCc1ccc2c(c1)OCO2)C3. The summed E-state index contributed by atoms with van der Waals surface area (Å²) in [4.78, 5) is 18.8. The molecule has 2 aromatic carbocycles. The summed E-state index contributed by atoms with van der Waals surface area (Å²) in [5, 5.41) is 1.07. The van der Waals surface area contributed by atoms with E-state index >= 15 is 0 Å². The van der Waals surface area contributed by atoms with Crippen molar-refractivity contribution in [3.8, 4) is 17.4 Å². The number of hydrogen-bond donors (Lipinski definition) is 0. The van der Waals surface area contributed by atoms with Crippen molar-refractivity contribution >= 4 is 17.0 Å². The third kappa shape index (κ3) is 2.81. The fraction of sp³-hybridized carbons (Fsp3) is 0.273. The molecule has 6 nitrogen and oxygen atoms in total. The van der Waals surface area contributed by atoms with E-state index < -0.39 is 0 Å². The minimum absolute atomic E-state index is 0.258. The van der Waals surface area contributed by atoms with Crippen molar-refractivity contribution in [3.05, 3.63) is 58.7 Å². The lowest BCUT2D eigenvalue weighted by Gasteiger charge is -2.27. The number of aromatic nitrogens is 1. The first kappa shape index (κ1) is 16.9. The van der Waals surface area contributed by atoms with Crippen LogP contribution < -0.4 is 14.2 Å². The Hall–Kier alpha value is -3.28. The number of amides is 1. The van der Waals surface area contributed by atoms with Crippen LogP contribution in [0.1, 0.15) is 22.3 Å². The van der Waals surface area contributed by atoms with Gasteiger partial charge in [0, 0.05) is 17.5 Å². The molecule has 0 radical (unpaired) electrons. The van der Waals surface area contributed by atoms with Crippen LogP contribution in [0.2, 0.25) is 0 Å². The van der Waals surface area contributed by atoms with Crippen molar-refractivity contribution in [3.63, 3.8) is 0 Å². The standard InChI is InChI=1S/C22H20N2O4/c1-13-3-5-16-10-17-11-24(22(25)28-21(17)23-20(16)14(13)2)8-7-15-4-6-18-19(9-15)27-12-26-18/h3-6,9-10H,7-8,11-12H2,1-2H3. The van der Waals surface area contributed by atoms with Crippen molar-refractivity contribution in [1.82, 2.24) is 9.88 Å². The first-order valence-corrected chi connectivity index (χ1v) is 9.33. The lowest BCUT2D eigenvalue weighted by molar-refractivity contribution is 0.137. The van der Waals surface area contributed by atoms with Gasteiger partial charge in [0.15, 0.2) is 11.5 Å². The van der Waals surface area contributed by atoms with E-state index in [0.717, 1.165) is 39.1 Å². The van der Waals surface area contributed by atoms with Gasteiger partial charge in [-0.15, -0.1) is 0 Å². The molecular weight excluding hydrogens is 356 g/mol. The predicted molar refractivity (Wildman–Crippen MR) is 104 cm³/mol. The molecule has 5 rings (SSSR count). The van der Waals surface area contributed by atoms with Gasteiger partial charge in [0.1, 0.15) is 0 Å². The number of benzene rings is 2. The Labute approximate surface area is 162 Å². The van der Waals surface area contributed by atoms with E-state index in [1.165, 1.54) is 5.56 Å². The summed E-state index contributed by atoms with van der Waals surface area (Å²) < 4.78 is 16.3. The molecule has 0 saturated heterocycles. The van der Waals surface area contributed by atoms with Gasteiger partial charge in [-0.25, -0.2) is 9.78 Å². The van der Waals surface area contributed by atoms with Crippen LogP contribution in [0.4, 0.5) is 4.79 Å². The van der Waals surface area contributed by atoms with Crippen LogP contribution in [0, 0.1) is 13.8 Å². The third-order valence-electron chi connectivity index (χ3n) is 5.46. The molecule has 0 bridgehead atoms. The molecule has 3 aromatic rings. The van der Waals surface area contributed by atoms with Crippen molar-refractivity contribution in [2.24, 2.45) is 0 Å². The first-order valence-electron chi connectivity index (χ1n) is 9.33. The van der Waals surface area contributed by atoms with Gasteiger partial charge in [-0.05, 0) is 55.2 Å². The topological polar surface area (TPSA) is 60.9 Å². The van der Waals surface area contributed by atoms with E-state index in [1.807, 2.05) is 25.1 Å². The Kier molecular flexibility index (Phi) is 3.86. The van der Waals surface area contributed by atoms with Crippen LogP contribution in [0.25, 0.3) is 10.9 Å². The summed E-state index contributed by atoms with van der Waals surface area (Å²) in [7, 11) is 0. The normalized spacial score (nSPS) is 14.9. The smallest absolute Gasteiger partial charge is 0.416 e. The average molecular weight is 376 g/mol. The minimum atomic E-state index is -0.356. The lowest BCUT2D eigenvalue weighted by Crippen LogP contribution is -2.38. The van der Waals surface area contributed by atoms with E-state index in [2.05, 4.69) is 30.1 Å². The number of fused-ring (bicyclic) bond motifs is 3. The highest BCUT2D eigenvalue weighted by molar-refractivity contribution is 5.85. The molecule has 2 aliphatic heterocycles. The zero-order valence-electron chi connectivity index (χ0n) is 15.8. The van der Waals surface area contributed by atoms with E-state index in [1.54, 1.807) is 4.90 Å². The van der Waals surface area contributed by atoms with E-state index in [0.29, 0.717) is 25.4 Å². The fourth-order valence-corrected chi connectivity index (χ4v) is 3.66. The number of hydrogen-bond acceptors (Lipinski definition) is 5.